The minimum Gasteiger partial charge on any atom is -0.307 e. The van der Waals surface area contributed by atoms with E-state index in [4.69, 9.17) is 0 Å². The lowest BCUT2D eigenvalue weighted by molar-refractivity contribution is 0.0926. The summed E-state index contributed by atoms with van der Waals surface area (Å²) in [5.41, 5.74) is 9.91. The van der Waals surface area contributed by atoms with Crippen molar-refractivity contribution in [2.75, 3.05) is 4.90 Å². The maximum atomic E-state index is 15.3. The molecule has 10 rings (SSSR count). The molecule has 2 heterocycles. The van der Waals surface area contributed by atoms with E-state index in [2.05, 4.69) is 30.3 Å². The topological polar surface area (TPSA) is 137 Å². The molecule has 286 valence electrons. The van der Waals surface area contributed by atoms with Gasteiger partial charge in [0.1, 0.15) is 0 Å². The highest BCUT2D eigenvalue weighted by Crippen LogP contribution is 2.45. The molecular formula is C54H28N6O2. The second-order valence-corrected chi connectivity index (χ2v) is 14.9. The van der Waals surface area contributed by atoms with Crippen molar-refractivity contribution in [1.29, 1.82) is 21.0 Å². The number of carbonyl (C=O) groups is 2. The number of para-hydroxylation sites is 2. The van der Waals surface area contributed by atoms with Gasteiger partial charge in [-0.15, -0.1) is 0 Å². The third-order valence-electron chi connectivity index (χ3n) is 11.3. The van der Waals surface area contributed by atoms with Crippen LogP contribution in [0.4, 0.5) is 5.69 Å². The number of rotatable bonds is 6. The Morgan fingerprint density at radius 2 is 0.806 bits per heavy atom. The first-order valence-corrected chi connectivity index (χ1v) is 19.6. The number of fused-ring (bicyclic) bond motifs is 4. The number of aromatic nitrogens is 1. The fourth-order valence-corrected chi connectivity index (χ4v) is 8.67. The minimum absolute atomic E-state index is 0.194. The van der Waals surface area contributed by atoms with Gasteiger partial charge >= 0.3 is 0 Å². The Morgan fingerprint density at radius 3 is 1.26 bits per heavy atom. The summed E-state index contributed by atoms with van der Waals surface area (Å²) in [6, 6.07) is 60.9. The van der Waals surface area contributed by atoms with Crippen LogP contribution in [-0.4, -0.2) is 16.4 Å². The number of amides is 2. The third-order valence-corrected chi connectivity index (χ3v) is 11.3. The Bertz CT molecular complexity index is 3300. The highest BCUT2D eigenvalue weighted by molar-refractivity contribution is 6.36. The zero-order valence-corrected chi connectivity index (χ0v) is 32.7. The van der Waals surface area contributed by atoms with Crippen LogP contribution in [-0.2, 0) is 0 Å². The van der Waals surface area contributed by atoms with Crippen molar-refractivity contribution < 1.29 is 9.59 Å². The van der Waals surface area contributed by atoms with E-state index in [1.165, 1.54) is 17.0 Å². The predicted octanol–water partition coefficient (Wildman–Crippen LogP) is 11.7. The molecule has 1 aliphatic rings. The summed E-state index contributed by atoms with van der Waals surface area (Å²) in [5.74, 6) is -0.982. The van der Waals surface area contributed by atoms with Crippen molar-refractivity contribution in [3.05, 3.63) is 203 Å². The number of nitriles is 4. The van der Waals surface area contributed by atoms with Gasteiger partial charge in [0.25, 0.3) is 11.8 Å². The minimum atomic E-state index is -0.508. The summed E-state index contributed by atoms with van der Waals surface area (Å²) in [6.45, 7) is 0. The van der Waals surface area contributed by atoms with Crippen LogP contribution < -0.4 is 4.90 Å². The van der Waals surface area contributed by atoms with Crippen molar-refractivity contribution in [1.82, 2.24) is 4.57 Å². The molecule has 0 radical (unpaired) electrons. The summed E-state index contributed by atoms with van der Waals surface area (Å²) in [4.78, 5) is 31.3. The molecule has 1 aromatic heterocycles. The van der Waals surface area contributed by atoms with Crippen molar-refractivity contribution in [3.63, 3.8) is 0 Å². The van der Waals surface area contributed by atoms with Gasteiger partial charge in [-0.2, -0.15) is 21.0 Å². The van der Waals surface area contributed by atoms with Crippen LogP contribution >= 0.6 is 0 Å². The second-order valence-electron chi connectivity index (χ2n) is 14.9. The van der Waals surface area contributed by atoms with Gasteiger partial charge in [-0.3, -0.25) is 9.59 Å². The Labute approximate surface area is 355 Å². The Balaban J connectivity index is 1.27. The molecule has 8 heteroatoms. The molecule has 0 N–H and O–H groups in total. The Kier molecular flexibility index (Phi) is 8.82. The standard InChI is InChI=1S/C54H28N6O2/c55-29-33-20-34(30-56)23-41(22-33)44-14-7-16-46-47-17-8-15-45(42-24-35(31-57)21-36(25-42)32-58)52(47)60(51(44)46)49-19-9-18-48-50(49)54(62)59(53(48)61)43-27-39(37-10-3-1-4-11-37)26-40(28-43)38-12-5-2-6-13-38/h1-28H. The molecule has 0 saturated heterocycles. The van der Waals surface area contributed by atoms with Crippen molar-refractivity contribution >= 4 is 39.3 Å². The summed E-state index contributed by atoms with van der Waals surface area (Å²) in [6.07, 6.45) is 0. The Morgan fingerprint density at radius 1 is 0.371 bits per heavy atom. The van der Waals surface area contributed by atoms with Gasteiger partial charge in [-0.1, -0.05) is 103 Å². The van der Waals surface area contributed by atoms with Crippen LogP contribution in [0.1, 0.15) is 43.0 Å². The first-order chi connectivity index (χ1) is 30.4. The molecule has 0 spiro atoms. The van der Waals surface area contributed by atoms with E-state index >= 15 is 4.79 Å². The normalized spacial score (nSPS) is 11.8. The van der Waals surface area contributed by atoms with Gasteiger partial charge in [-0.05, 0) is 100 Å². The number of nitrogens with zero attached hydrogens (tertiary/aromatic N) is 6. The molecule has 0 unspecified atom stereocenters. The highest BCUT2D eigenvalue weighted by Gasteiger charge is 2.40. The number of benzene rings is 8. The van der Waals surface area contributed by atoms with Gasteiger partial charge in [0, 0.05) is 21.9 Å². The van der Waals surface area contributed by atoms with Gasteiger partial charge in [0.05, 0.1) is 80.1 Å². The van der Waals surface area contributed by atoms with Crippen molar-refractivity contribution in [2.24, 2.45) is 0 Å². The van der Waals surface area contributed by atoms with Crippen LogP contribution in [0.2, 0.25) is 0 Å². The van der Waals surface area contributed by atoms with Crippen molar-refractivity contribution in [2.45, 2.75) is 0 Å². The molecule has 0 aliphatic carbocycles. The quantitative estimate of drug-likeness (QED) is 0.154. The Hall–Kier alpha value is -9.34. The summed E-state index contributed by atoms with van der Waals surface area (Å²) in [7, 11) is 0. The lowest BCUT2D eigenvalue weighted by Crippen LogP contribution is -2.29. The summed E-state index contributed by atoms with van der Waals surface area (Å²) >= 11 is 0. The SMILES string of the molecule is N#Cc1cc(C#N)cc(-c2cccc3c4cccc(-c5cc(C#N)cc(C#N)c5)c4n(-c4cccc5c4C(=O)N(c4cc(-c6ccccc6)cc(-c6ccccc6)c4)C5=O)c23)c1. The maximum Gasteiger partial charge on any atom is 0.268 e. The van der Waals surface area contributed by atoms with Gasteiger partial charge in [-0.25, -0.2) is 4.90 Å². The van der Waals surface area contributed by atoms with Crippen LogP contribution in [0.3, 0.4) is 0 Å². The van der Waals surface area contributed by atoms with E-state index in [9.17, 15) is 25.8 Å². The van der Waals surface area contributed by atoms with Gasteiger partial charge in [0.2, 0.25) is 0 Å². The van der Waals surface area contributed by atoms with E-state index < -0.39 is 11.8 Å². The van der Waals surface area contributed by atoms with E-state index in [0.717, 1.165) is 33.0 Å². The molecule has 8 nitrogen and oxygen atoms in total. The second kappa shape index (κ2) is 14.8. The van der Waals surface area contributed by atoms with Crippen LogP contribution in [0.25, 0.3) is 72.0 Å². The summed E-state index contributed by atoms with van der Waals surface area (Å²) < 4.78 is 1.97. The monoisotopic (exact) mass is 792 g/mol. The van der Waals surface area contributed by atoms with E-state index in [-0.39, 0.29) is 11.1 Å². The molecular weight excluding hydrogens is 765 g/mol. The molecule has 0 atom stereocenters. The average molecular weight is 793 g/mol. The number of anilines is 1. The molecule has 0 fully saturated rings. The number of imide groups is 1. The molecule has 9 aromatic rings. The highest BCUT2D eigenvalue weighted by atomic mass is 16.2. The van der Waals surface area contributed by atoms with Crippen LogP contribution in [0.15, 0.2) is 170 Å². The predicted molar refractivity (Wildman–Crippen MR) is 239 cm³/mol. The van der Waals surface area contributed by atoms with E-state index in [1.807, 2.05) is 120 Å². The number of carbonyl (C=O) groups excluding carboxylic acids is 2. The van der Waals surface area contributed by atoms with Crippen LogP contribution in [0, 0.1) is 45.3 Å². The van der Waals surface area contributed by atoms with E-state index in [1.54, 1.807) is 36.4 Å². The molecule has 2 amide bonds. The molecule has 62 heavy (non-hydrogen) atoms. The van der Waals surface area contributed by atoms with Crippen LogP contribution in [0.5, 0.6) is 0 Å². The first kappa shape index (κ1) is 37.0. The van der Waals surface area contributed by atoms with Gasteiger partial charge < -0.3 is 4.57 Å². The lowest BCUT2D eigenvalue weighted by atomic mass is 9.97. The average Bonchev–Trinajstić information content (AvgIpc) is 3.81. The number of hydrogen-bond acceptors (Lipinski definition) is 6. The molecule has 0 bridgehead atoms. The summed E-state index contributed by atoms with van der Waals surface area (Å²) in [5, 5.41) is 41.6. The third kappa shape index (κ3) is 5.97. The fourth-order valence-electron chi connectivity index (χ4n) is 8.67. The number of hydrogen-bond donors (Lipinski definition) is 0. The largest absolute Gasteiger partial charge is 0.307 e. The maximum absolute atomic E-state index is 15.3. The smallest absolute Gasteiger partial charge is 0.268 e. The fraction of sp³-hybridized carbons (Fsp3) is 0. The van der Waals surface area contributed by atoms with E-state index in [0.29, 0.717) is 66.9 Å². The van der Waals surface area contributed by atoms with Crippen molar-refractivity contribution in [3.8, 4) is 74.5 Å². The van der Waals surface area contributed by atoms with Gasteiger partial charge in [0.15, 0.2) is 0 Å². The molecule has 0 saturated carbocycles. The zero-order valence-electron chi connectivity index (χ0n) is 32.7. The zero-order chi connectivity index (χ0) is 42.5. The lowest BCUT2D eigenvalue weighted by Gasteiger charge is -2.18. The first-order valence-electron chi connectivity index (χ1n) is 19.6. The molecule has 8 aromatic carbocycles. The molecule has 1 aliphatic heterocycles.